The van der Waals surface area contributed by atoms with Crippen molar-refractivity contribution in [1.82, 2.24) is 10.2 Å². The summed E-state index contributed by atoms with van der Waals surface area (Å²) >= 11 is 1.78. The average Bonchev–Trinajstić information content (AvgIpc) is 3.05. The molecule has 1 aromatic carbocycles. The van der Waals surface area contributed by atoms with E-state index in [1.165, 1.54) is 30.6 Å². The number of thiophene rings is 1. The molecule has 0 unspecified atom stereocenters. The van der Waals surface area contributed by atoms with Crippen LogP contribution in [-0.2, 0) is 0 Å². The van der Waals surface area contributed by atoms with Crippen molar-refractivity contribution in [3.8, 4) is 5.75 Å². The van der Waals surface area contributed by atoms with Gasteiger partial charge in [-0.2, -0.15) is 0 Å². The van der Waals surface area contributed by atoms with Gasteiger partial charge in [0.05, 0.1) is 12.1 Å². The highest BCUT2D eigenvalue weighted by Gasteiger charge is 2.23. The van der Waals surface area contributed by atoms with Crippen LogP contribution in [0.1, 0.15) is 60.8 Å². The second-order valence-electron chi connectivity index (χ2n) is 7.38. The fraction of sp³-hybridized carbons (Fsp3) is 0.500. The molecule has 27 heavy (non-hydrogen) atoms. The lowest BCUT2D eigenvalue weighted by molar-refractivity contribution is 0.0934. The van der Waals surface area contributed by atoms with Crippen LogP contribution in [0.25, 0.3) is 0 Å². The van der Waals surface area contributed by atoms with Gasteiger partial charge in [-0.1, -0.05) is 18.9 Å². The van der Waals surface area contributed by atoms with Gasteiger partial charge in [0.25, 0.3) is 5.91 Å². The molecule has 1 aliphatic rings. The van der Waals surface area contributed by atoms with E-state index in [-0.39, 0.29) is 18.1 Å². The molecule has 2 heterocycles. The largest absolute Gasteiger partial charge is 0.491 e. The third-order valence-electron chi connectivity index (χ3n) is 4.90. The van der Waals surface area contributed by atoms with Gasteiger partial charge in [-0.3, -0.25) is 9.69 Å². The van der Waals surface area contributed by atoms with Gasteiger partial charge in [-0.15, -0.1) is 11.3 Å². The number of carbonyl (C=O) groups is 1. The lowest BCUT2D eigenvalue weighted by Crippen LogP contribution is -2.38. The number of hydrogen-bond donors (Lipinski definition) is 1. The first-order chi connectivity index (χ1) is 13.1. The third-order valence-corrected chi connectivity index (χ3v) is 5.87. The van der Waals surface area contributed by atoms with Crippen LogP contribution >= 0.6 is 11.3 Å². The number of amides is 1. The zero-order valence-electron chi connectivity index (χ0n) is 16.3. The third kappa shape index (κ3) is 5.81. The molecule has 0 aliphatic carbocycles. The molecule has 1 aliphatic heterocycles. The minimum absolute atomic E-state index is 0.0255. The second kappa shape index (κ2) is 9.90. The number of likely N-dealkylation sites (tertiary alicyclic amines) is 1. The van der Waals surface area contributed by atoms with E-state index in [9.17, 15) is 4.79 Å². The van der Waals surface area contributed by atoms with Crippen LogP contribution in [0.5, 0.6) is 5.75 Å². The first-order valence-corrected chi connectivity index (χ1v) is 10.8. The van der Waals surface area contributed by atoms with Crippen molar-refractivity contribution >= 4 is 17.2 Å². The van der Waals surface area contributed by atoms with E-state index in [4.69, 9.17) is 4.74 Å². The summed E-state index contributed by atoms with van der Waals surface area (Å²) in [5.41, 5.74) is 0.673. The number of hydrogen-bond acceptors (Lipinski definition) is 4. The molecule has 1 amide bonds. The number of ether oxygens (including phenoxy) is 1. The smallest absolute Gasteiger partial charge is 0.251 e. The van der Waals surface area contributed by atoms with E-state index < -0.39 is 0 Å². The molecule has 1 aromatic heterocycles. The number of nitrogens with one attached hydrogen (secondary N) is 1. The molecule has 3 rings (SSSR count). The first kappa shape index (κ1) is 19.9. The Balaban J connectivity index is 1.63. The maximum atomic E-state index is 12.6. The summed E-state index contributed by atoms with van der Waals surface area (Å²) in [6, 6.07) is 11.9. The Kier molecular flexibility index (Phi) is 7.30. The minimum Gasteiger partial charge on any atom is -0.491 e. The quantitative estimate of drug-likeness (QED) is 0.737. The topological polar surface area (TPSA) is 41.6 Å². The van der Waals surface area contributed by atoms with Crippen LogP contribution in [0.4, 0.5) is 0 Å². The number of rotatable bonds is 7. The molecule has 5 heteroatoms. The highest BCUT2D eigenvalue weighted by atomic mass is 32.1. The fourth-order valence-corrected chi connectivity index (χ4v) is 4.41. The Labute approximate surface area is 166 Å². The number of carbonyl (C=O) groups excluding carboxylic acids is 1. The Bertz CT molecular complexity index is 690. The molecule has 1 atom stereocenters. The van der Waals surface area contributed by atoms with Crippen LogP contribution < -0.4 is 10.1 Å². The van der Waals surface area contributed by atoms with E-state index in [0.717, 1.165) is 18.8 Å². The standard InChI is InChI=1S/C22H30N2O2S/c1-17(2)26-19-11-9-18(10-12-19)22(25)23-16-20(21-8-7-15-27-21)24-13-5-3-4-6-14-24/h7-12,15,17,20H,3-6,13-14,16H2,1-2H3,(H,23,25)/t20-/m1/s1. The molecule has 0 radical (unpaired) electrons. The predicted octanol–water partition coefficient (Wildman–Crippen LogP) is 4.88. The van der Waals surface area contributed by atoms with Crippen molar-refractivity contribution in [3.05, 3.63) is 52.2 Å². The zero-order valence-corrected chi connectivity index (χ0v) is 17.1. The Hall–Kier alpha value is -1.85. The summed E-state index contributed by atoms with van der Waals surface area (Å²) < 4.78 is 5.65. The van der Waals surface area contributed by atoms with Gasteiger partial charge in [0, 0.05) is 17.0 Å². The van der Waals surface area contributed by atoms with E-state index in [2.05, 4.69) is 27.7 Å². The van der Waals surface area contributed by atoms with Crippen molar-refractivity contribution in [3.63, 3.8) is 0 Å². The molecular weight excluding hydrogens is 356 g/mol. The molecule has 0 spiro atoms. The zero-order chi connectivity index (χ0) is 19.1. The maximum Gasteiger partial charge on any atom is 0.251 e. The van der Waals surface area contributed by atoms with Crippen LogP contribution in [0.15, 0.2) is 41.8 Å². The summed E-state index contributed by atoms with van der Waals surface area (Å²) in [6.45, 7) is 6.85. The lowest BCUT2D eigenvalue weighted by Gasteiger charge is -2.30. The van der Waals surface area contributed by atoms with E-state index in [1.807, 2.05) is 38.1 Å². The molecule has 1 saturated heterocycles. The molecular formula is C22H30N2O2S. The van der Waals surface area contributed by atoms with Gasteiger partial charge in [0.1, 0.15) is 5.75 Å². The van der Waals surface area contributed by atoms with Crippen LogP contribution in [0.2, 0.25) is 0 Å². The van der Waals surface area contributed by atoms with Crippen molar-refractivity contribution < 1.29 is 9.53 Å². The maximum absolute atomic E-state index is 12.6. The van der Waals surface area contributed by atoms with Crippen LogP contribution in [0, 0.1) is 0 Å². The molecule has 0 bridgehead atoms. The average molecular weight is 387 g/mol. The van der Waals surface area contributed by atoms with Crippen LogP contribution in [-0.4, -0.2) is 36.5 Å². The molecule has 1 N–H and O–H groups in total. The van der Waals surface area contributed by atoms with Gasteiger partial charge in [-0.05, 0) is 75.5 Å². The van der Waals surface area contributed by atoms with E-state index in [0.29, 0.717) is 12.1 Å². The van der Waals surface area contributed by atoms with Crippen molar-refractivity contribution in [1.29, 1.82) is 0 Å². The minimum atomic E-state index is -0.0255. The second-order valence-corrected chi connectivity index (χ2v) is 8.36. The monoisotopic (exact) mass is 386 g/mol. The summed E-state index contributed by atoms with van der Waals surface area (Å²) in [4.78, 5) is 16.5. The van der Waals surface area contributed by atoms with Gasteiger partial charge in [-0.25, -0.2) is 0 Å². The summed E-state index contributed by atoms with van der Waals surface area (Å²) in [7, 11) is 0. The number of nitrogens with zero attached hydrogens (tertiary/aromatic N) is 1. The Morgan fingerprint density at radius 1 is 1.11 bits per heavy atom. The van der Waals surface area contributed by atoms with Gasteiger partial charge < -0.3 is 10.1 Å². The predicted molar refractivity (Wildman–Crippen MR) is 112 cm³/mol. The van der Waals surface area contributed by atoms with Gasteiger partial charge in [0.2, 0.25) is 0 Å². The van der Waals surface area contributed by atoms with Gasteiger partial charge >= 0.3 is 0 Å². The first-order valence-electron chi connectivity index (χ1n) is 9.96. The molecule has 0 saturated carbocycles. The summed E-state index contributed by atoms with van der Waals surface area (Å²) in [5, 5.41) is 5.27. The van der Waals surface area contributed by atoms with E-state index in [1.54, 1.807) is 11.3 Å². The Morgan fingerprint density at radius 2 is 1.81 bits per heavy atom. The van der Waals surface area contributed by atoms with Crippen LogP contribution in [0.3, 0.4) is 0 Å². The summed E-state index contributed by atoms with van der Waals surface area (Å²) in [6.07, 6.45) is 5.24. The highest BCUT2D eigenvalue weighted by molar-refractivity contribution is 7.10. The highest BCUT2D eigenvalue weighted by Crippen LogP contribution is 2.27. The SMILES string of the molecule is CC(C)Oc1ccc(C(=O)NC[C@H](c2cccs2)N2CCCCCC2)cc1. The molecule has 2 aromatic rings. The van der Waals surface area contributed by atoms with Gasteiger partial charge in [0.15, 0.2) is 0 Å². The lowest BCUT2D eigenvalue weighted by atomic mass is 10.1. The van der Waals surface area contributed by atoms with Crippen molar-refractivity contribution in [2.24, 2.45) is 0 Å². The molecule has 1 fully saturated rings. The van der Waals surface area contributed by atoms with E-state index >= 15 is 0 Å². The molecule has 4 nitrogen and oxygen atoms in total. The Morgan fingerprint density at radius 3 is 2.41 bits per heavy atom. The normalized spacial score (nSPS) is 16.7. The fourth-order valence-electron chi connectivity index (χ4n) is 3.55. The van der Waals surface area contributed by atoms with Crippen molar-refractivity contribution in [2.75, 3.05) is 19.6 Å². The molecule has 146 valence electrons. The summed E-state index contributed by atoms with van der Waals surface area (Å²) in [5.74, 6) is 0.769. The number of benzene rings is 1. The van der Waals surface area contributed by atoms with Crippen molar-refractivity contribution in [2.45, 2.75) is 51.7 Å².